The minimum absolute atomic E-state index is 0. The molecular formula is C22H14MgO4. The number of carboxylic acids is 2. The van der Waals surface area contributed by atoms with E-state index in [1.807, 2.05) is 48.5 Å². The molecule has 0 heterocycles. The summed E-state index contributed by atoms with van der Waals surface area (Å²) in [6.45, 7) is 0. The van der Waals surface area contributed by atoms with Crippen LogP contribution in [0.25, 0.3) is 21.5 Å². The predicted octanol–water partition coefficient (Wildman–Crippen LogP) is 2.03. The summed E-state index contributed by atoms with van der Waals surface area (Å²) in [5.74, 6) is -2.27. The molecule has 128 valence electrons. The molecule has 4 nitrogen and oxygen atoms in total. The Morgan fingerprint density at radius 2 is 0.852 bits per heavy atom. The number of rotatable bonds is 2. The van der Waals surface area contributed by atoms with Crippen LogP contribution in [0.1, 0.15) is 20.7 Å². The van der Waals surface area contributed by atoms with Gasteiger partial charge in [0.15, 0.2) is 0 Å². The average Bonchev–Trinajstić information content (AvgIpc) is 2.67. The van der Waals surface area contributed by atoms with E-state index in [4.69, 9.17) is 0 Å². The fraction of sp³-hybridized carbons (Fsp3) is 0. The van der Waals surface area contributed by atoms with Crippen LogP contribution in [0.2, 0.25) is 0 Å². The van der Waals surface area contributed by atoms with Crippen LogP contribution >= 0.6 is 0 Å². The first-order valence-electron chi connectivity index (χ1n) is 7.95. The first kappa shape index (κ1) is 20.4. The zero-order valence-corrected chi connectivity index (χ0v) is 15.8. The van der Waals surface area contributed by atoms with E-state index in [1.54, 1.807) is 36.4 Å². The monoisotopic (exact) mass is 366 g/mol. The van der Waals surface area contributed by atoms with E-state index in [0.29, 0.717) is 0 Å². The summed E-state index contributed by atoms with van der Waals surface area (Å²) in [6.07, 6.45) is 0. The molecule has 4 aromatic rings. The van der Waals surface area contributed by atoms with Crippen molar-refractivity contribution in [3.05, 3.63) is 96.1 Å². The van der Waals surface area contributed by atoms with Crippen molar-refractivity contribution in [2.24, 2.45) is 0 Å². The van der Waals surface area contributed by atoms with Gasteiger partial charge in [-0.15, -0.1) is 0 Å². The topological polar surface area (TPSA) is 80.3 Å². The quantitative estimate of drug-likeness (QED) is 0.508. The normalized spacial score (nSPS) is 9.78. The van der Waals surface area contributed by atoms with Crippen molar-refractivity contribution in [3.63, 3.8) is 0 Å². The molecule has 0 aromatic heterocycles. The van der Waals surface area contributed by atoms with Gasteiger partial charge in [0.2, 0.25) is 0 Å². The zero-order valence-electron chi connectivity index (χ0n) is 14.4. The molecule has 4 aromatic carbocycles. The van der Waals surface area contributed by atoms with Crippen molar-refractivity contribution in [2.45, 2.75) is 0 Å². The second-order valence-electron chi connectivity index (χ2n) is 5.70. The molecule has 5 heteroatoms. The van der Waals surface area contributed by atoms with Gasteiger partial charge < -0.3 is 19.8 Å². The number of fused-ring (bicyclic) bond motifs is 2. The number of hydrogen-bond acceptors (Lipinski definition) is 4. The first-order valence-corrected chi connectivity index (χ1v) is 7.95. The van der Waals surface area contributed by atoms with Gasteiger partial charge in [0.05, 0.1) is 11.9 Å². The molecule has 27 heavy (non-hydrogen) atoms. The molecule has 0 bridgehead atoms. The Hall–Kier alpha value is -2.89. The van der Waals surface area contributed by atoms with E-state index in [1.165, 1.54) is 0 Å². The average molecular weight is 367 g/mol. The predicted molar refractivity (Wildman–Crippen MR) is 102 cm³/mol. The van der Waals surface area contributed by atoms with Crippen LogP contribution in [-0.2, 0) is 0 Å². The molecule has 0 spiro atoms. The van der Waals surface area contributed by atoms with Crippen LogP contribution in [0, 0.1) is 0 Å². The Bertz CT molecular complexity index is 1020. The van der Waals surface area contributed by atoms with E-state index in [-0.39, 0.29) is 34.2 Å². The number of aromatic carboxylic acids is 2. The van der Waals surface area contributed by atoms with E-state index in [2.05, 4.69) is 0 Å². The summed E-state index contributed by atoms with van der Waals surface area (Å²) in [5, 5.41) is 25.0. The van der Waals surface area contributed by atoms with Gasteiger partial charge in [-0.1, -0.05) is 72.8 Å². The van der Waals surface area contributed by atoms with Crippen LogP contribution in [0.15, 0.2) is 84.9 Å². The van der Waals surface area contributed by atoms with Crippen LogP contribution in [0.5, 0.6) is 0 Å². The summed E-state index contributed by atoms with van der Waals surface area (Å²) in [4.78, 5) is 21.1. The summed E-state index contributed by atoms with van der Waals surface area (Å²) in [5.41, 5.74) is 0.442. The van der Waals surface area contributed by atoms with E-state index in [0.717, 1.165) is 21.5 Å². The Morgan fingerprint density at radius 1 is 0.519 bits per heavy atom. The molecule has 0 saturated heterocycles. The molecule has 0 amide bonds. The third kappa shape index (κ3) is 5.06. The SMILES string of the molecule is O=C([O-])c1ccc2ccccc2c1.O=C([O-])c1ccc2ccccc2c1.[Mg+2]. The fourth-order valence-electron chi connectivity index (χ4n) is 2.63. The maximum absolute atomic E-state index is 10.5. The largest absolute Gasteiger partial charge is 2.00 e. The molecule has 4 rings (SSSR count). The van der Waals surface area contributed by atoms with E-state index >= 15 is 0 Å². The fourth-order valence-corrected chi connectivity index (χ4v) is 2.63. The van der Waals surface area contributed by atoms with Crippen LogP contribution in [0.3, 0.4) is 0 Å². The maximum atomic E-state index is 10.5. The van der Waals surface area contributed by atoms with Gasteiger partial charge >= 0.3 is 23.1 Å². The molecule has 0 aliphatic heterocycles. The van der Waals surface area contributed by atoms with Gasteiger partial charge in [0.1, 0.15) is 0 Å². The van der Waals surface area contributed by atoms with Crippen molar-refractivity contribution in [2.75, 3.05) is 0 Å². The molecule has 0 saturated carbocycles. The molecule has 0 aliphatic carbocycles. The minimum Gasteiger partial charge on any atom is -0.545 e. The van der Waals surface area contributed by atoms with Gasteiger partial charge in [0, 0.05) is 0 Å². The third-order valence-electron chi connectivity index (χ3n) is 3.97. The molecule has 0 N–H and O–H groups in total. The van der Waals surface area contributed by atoms with Crippen molar-refractivity contribution < 1.29 is 19.8 Å². The van der Waals surface area contributed by atoms with Crippen molar-refractivity contribution >= 4 is 56.5 Å². The Balaban J connectivity index is 0.000000187. The Labute approximate surface area is 172 Å². The van der Waals surface area contributed by atoms with E-state index < -0.39 is 11.9 Å². The van der Waals surface area contributed by atoms with Crippen molar-refractivity contribution in [1.82, 2.24) is 0 Å². The van der Waals surface area contributed by atoms with Crippen molar-refractivity contribution in [1.29, 1.82) is 0 Å². The first-order chi connectivity index (χ1) is 12.5. The second-order valence-corrected chi connectivity index (χ2v) is 5.70. The number of benzene rings is 4. The number of carboxylic acid groups (broad SMARTS) is 2. The van der Waals surface area contributed by atoms with Gasteiger partial charge in [0.25, 0.3) is 0 Å². The summed E-state index contributed by atoms with van der Waals surface area (Å²) in [6, 6.07) is 25.1. The summed E-state index contributed by atoms with van der Waals surface area (Å²) < 4.78 is 0. The Kier molecular flexibility index (Phi) is 6.93. The van der Waals surface area contributed by atoms with Crippen LogP contribution in [0.4, 0.5) is 0 Å². The smallest absolute Gasteiger partial charge is 0.545 e. The summed E-state index contributed by atoms with van der Waals surface area (Å²) >= 11 is 0. The minimum atomic E-state index is -1.13. The maximum Gasteiger partial charge on any atom is 2.00 e. The third-order valence-corrected chi connectivity index (χ3v) is 3.97. The molecular weight excluding hydrogens is 353 g/mol. The standard InChI is InChI=1S/2C11H8O2.Mg/c2*12-11(13)10-6-5-8-3-1-2-4-9(8)7-10;/h2*1-7H,(H,12,13);/q;;+2/p-2. The van der Waals surface area contributed by atoms with Gasteiger partial charge in [-0.25, -0.2) is 0 Å². The molecule has 0 aliphatic rings. The number of carbonyl (C=O) groups is 2. The van der Waals surface area contributed by atoms with Crippen LogP contribution < -0.4 is 10.2 Å². The molecule has 0 atom stereocenters. The van der Waals surface area contributed by atoms with E-state index in [9.17, 15) is 19.8 Å². The summed E-state index contributed by atoms with van der Waals surface area (Å²) in [7, 11) is 0. The zero-order chi connectivity index (χ0) is 18.5. The Morgan fingerprint density at radius 3 is 1.19 bits per heavy atom. The van der Waals surface area contributed by atoms with Gasteiger partial charge in [-0.3, -0.25) is 0 Å². The molecule has 0 fully saturated rings. The molecule has 0 unspecified atom stereocenters. The number of carbonyl (C=O) groups excluding carboxylic acids is 2. The van der Waals surface area contributed by atoms with Gasteiger partial charge in [-0.2, -0.15) is 0 Å². The van der Waals surface area contributed by atoms with Crippen molar-refractivity contribution in [3.8, 4) is 0 Å². The molecule has 0 radical (unpaired) electrons. The number of hydrogen-bond donors (Lipinski definition) is 0. The van der Waals surface area contributed by atoms with Gasteiger partial charge in [-0.05, 0) is 44.8 Å². The van der Waals surface area contributed by atoms with Crippen LogP contribution in [-0.4, -0.2) is 35.0 Å². The second kappa shape index (κ2) is 9.16.